The monoisotopic (exact) mass is 265 g/mol. The molecule has 0 radical (unpaired) electrons. The van der Waals surface area contributed by atoms with Gasteiger partial charge in [-0.05, 0) is 18.6 Å². The van der Waals surface area contributed by atoms with E-state index in [0.29, 0.717) is 0 Å². The van der Waals surface area contributed by atoms with Gasteiger partial charge in [-0.15, -0.1) is 11.6 Å². The topological polar surface area (TPSA) is 63.3 Å². The molecule has 0 saturated carbocycles. The molecule has 0 amide bonds. The van der Waals surface area contributed by atoms with E-state index in [2.05, 4.69) is 5.73 Å². The highest BCUT2D eigenvalue weighted by molar-refractivity contribution is 6.30. The van der Waals surface area contributed by atoms with Crippen molar-refractivity contribution >= 4 is 29.2 Å². The van der Waals surface area contributed by atoms with Gasteiger partial charge in [0.25, 0.3) is 0 Å². The second-order valence-electron chi connectivity index (χ2n) is 2.58. The van der Waals surface area contributed by atoms with Crippen LogP contribution in [-0.2, 0) is 4.79 Å². The first-order valence-electron chi connectivity index (χ1n) is 4.76. The van der Waals surface area contributed by atoms with Crippen LogP contribution in [0.4, 0.5) is 0 Å². The Kier molecular flexibility index (Phi) is 15.7. The molecule has 5 heteroatoms. The molecular weight excluding hydrogens is 249 g/mol. The quantitative estimate of drug-likeness (QED) is 0.809. The summed E-state index contributed by atoms with van der Waals surface area (Å²) in [6.07, 6.45) is 1.08. The molecule has 0 aliphatic carbocycles. The van der Waals surface area contributed by atoms with Crippen molar-refractivity contribution in [3.63, 3.8) is 0 Å². The van der Waals surface area contributed by atoms with Crippen LogP contribution in [0.15, 0.2) is 30.3 Å². The summed E-state index contributed by atoms with van der Waals surface area (Å²) in [5, 5.41) is 8.39. The zero-order valence-corrected chi connectivity index (χ0v) is 10.7. The second kappa shape index (κ2) is 14.2. The summed E-state index contributed by atoms with van der Waals surface area (Å²) in [7, 11) is 0. The van der Waals surface area contributed by atoms with Crippen molar-refractivity contribution < 1.29 is 9.90 Å². The molecule has 0 atom stereocenters. The number of nitrogens with two attached hydrogens (primary N) is 1. The molecule has 3 N–H and O–H groups in total. The summed E-state index contributed by atoms with van der Waals surface area (Å²) in [5.41, 5.74) is 4.57. The van der Waals surface area contributed by atoms with Crippen LogP contribution >= 0.6 is 23.2 Å². The molecule has 0 aliphatic rings. The van der Waals surface area contributed by atoms with Crippen LogP contribution in [0.3, 0.4) is 0 Å². The first-order valence-corrected chi connectivity index (χ1v) is 5.68. The van der Waals surface area contributed by atoms with E-state index in [1.165, 1.54) is 0 Å². The molecule has 16 heavy (non-hydrogen) atoms. The molecule has 1 aromatic carbocycles. The number of aliphatic carboxylic acids is 1. The lowest BCUT2D eigenvalue weighted by Crippen LogP contribution is -2.10. The van der Waals surface area contributed by atoms with Crippen LogP contribution in [0.1, 0.15) is 13.3 Å². The van der Waals surface area contributed by atoms with E-state index in [9.17, 15) is 4.79 Å². The third-order valence-corrected chi connectivity index (χ3v) is 1.73. The molecule has 0 unspecified atom stereocenters. The largest absolute Gasteiger partial charge is 0.480 e. The normalized spacial score (nSPS) is 8.00. The molecule has 1 aromatic rings. The fourth-order valence-corrected chi connectivity index (χ4v) is 0.560. The molecule has 0 bridgehead atoms. The Morgan fingerprint density at radius 2 is 1.75 bits per heavy atom. The van der Waals surface area contributed by atoms with Crippen molar-refractivity contribution in [1.82, 2.24) is 0 Å². The number of carbonyl (C=O) groups is 1. The smallest absolute Gasteiger partial charge is 0.317 e. The number of rotatable bonds is 2. The Morgan fingerprint density at radius 3 is 1.88 bits per heavy atom. The van der Waals surface area contributed by atoms with Crippen molar-refractivity contribution in [2.75, 3.05) is 12.4 Å². The average molecular weight is 266 g/mol. The van der Waals surface area contributed by atoms with E-state index < -0.39 is 5.97 Å². The van der Waals surface area contributed by atoms with E-state index in [-0.39, 0.29) is 6.54 Å². The summed E-state index contributed by atoms with van der Waals surface area (Å²) < 4.78 is 0. The van der Waals surface area contributed by atoms with Crippen LogP contribution in [0.25, 0.3) is 0 Å². The van der Waals surface area contributed by atoms with Crippen molar-refractivity contribution in [2.24, 2.45) is 5.73 Å². The van der Waals surface area contributed by atoms with Gasteiger partial charge in [0.05, 0.1) is 6.54 Å². The van der Waals surface area contributed by atoms with Crippen LogP contribution in [0, 0.1) is 0 Å². The molecule has 0 heterocycles. The van der Waals surface area contributed by atoms with E-state index in [4.69, 9.17) is 28.3 Å². The molecule has 1 rings (SSSR count). The van der Waals surface area contributed by atoms with Gasteiger partial charge in [0.15, 0.2) is 0 Å². The molecule has 92 valence electrons. The van der Waals surface area contributed by atoms with Gasteiger partial charge in [0.2, 0.25) is 0 Å². The van der Waals surface area contributed by atoms with Crippen LogP contribution < -0.4 is 5.73 Å². The summed E-state index contributed by atoms with van der Waals surface area (Å²) in [6, 6.07) is 9.44. The number of carboxylic acid groups (broad SMARTS) is 1. The number of carboxylic acids is 1. The van der Waals surface area contributed by atoms with Crippen LogP contribution in [0.5, 0.6) is 0 Å². The average Bonchev–Trinajstić information content (AvgIpc) is 2.31. The van der Waals surface area contributed by atoms with Crippen molar-refractivity contribution in [3.05, 3.63) is 35.4 Å². The van der Waals surface area contributed by atoms with Gasteiger partial charge < -0.3 is 10.8 Å². The number of hydrogen-bond donors (Lipinski definition) is 2. The predicted octanol–water partition coefficient (Wildman–Crippen LogP) is 3.00. The van der Waals surface area contributed by atoms with Crippen molar-refractivity contribution in [3.8, 4) is 0 Å². The summed E-state index contributed by atoms with van der Waals surface area (Å²) in [5.74, 6) is -0.176. The Morgan fingerprint density at radius 1 is 1.38 bits per heavy atom. The van der Waals surface area contributed by atoms with E-state index >= 15 is 0 Å². The number of alkyl halides is 1. The van der Waals surface area contributed by atoms with E-state index in [1.54, 1.807) is 0 Å². The van der Waals surface area contributed by atoms with Crippen LogP contribution in [-0.4, -0.2) is 23.5 Å². The van der Waals surface area contributed by atoms with Crippen molar-refractivity contribution in [2.45, 2.75) is 13.3 Å². The predicted molar refractivity (Wildman–Crippen MR) is 69.2 cm³/mol. The summed E-state index contributed by atoms with van der Waals surface area (Å²) in [6.45, 7) is 1.77. The van der Waals surface area contributed by atoms with Gasteiger partial charge in [-0.2, -0.15) is 0 Å². The maximum absolute atomic E-state index is 9.24. The second-order valence-corrected chi connectivity index (χ2v) is 3.40. The molecule has 0 spiro atoms. The minimum atomic E-state index is -0.968. The van der Waals surface area contributed by atoms with E-state index in [0.717, 1.165) is 17.3 Å². The first-order chi connectivity index (χ1) is 7.58. The highest BCUT2D eigenvalue weighted by Crippen LogP contribution is 2.03. The Labute approximate surface area is 106 Å². The van der Waals surface area contributed by atoms with Gasteiger partial charge >= 0.3 is 5.97 Å². The standard InChI is InChI=1S/C6H5Cl.C3H7Cl.C2H5NO2/c7-6-4-2-1-3-5-6;1-2-3-4;3-1-2(4)5/h1-5H;2-3H2,1H3;1,3H2,(H,4,5). The Bertz CT molecular complexity index is 253. The third kappa shape index (κ3) is 18.9. The van der Waals surface area contributed by atoms with E-state index in [1.807, 2.05) is 37.3 Å². The fraction of sp³-hybridized carbons (Fsp3) is 0.364. The van der Waals surface area contributed by atoms with Crippen LogP contribution in [0.2, 0.25) is 5.02 Å². The fourth-order valence-electron chi connectivity index (χ4n) is 0.415. The molecule has 0 aromatic heterocycles. The molecule has 0 aliphatic heterocycles. The van der Waals surface area contributed by atoms with Gasteiger partial charge in [-0.25, -0.2) is 0 Å². The maximum atomic E-state index is 9.24. The minimum absolute atomic E-state index is 0.278. The lowest BCUT2D eigenvalue weighted by molar-refractivity contribution is -0.135. The van der Waals surface area contributed by atoms with Gasteiger partial charge in [-0.3, -0.25) is 4.79 Å². The molecular formula is C11H17Cl2NO2. The van der Waals surface area contributed by atoms with Gasteiger partial charge in [-0.1, -0.05) is 36.7 Å². The van der Waals surface area contributed by atoms with Gasteiger partial charge in [0, 0.05) is 10.9 Å². The van der Waals surface area contributed by atoms with Gasteiger partial charge in [0.1, 0.15) is 0 Å². The Balaban J connectivity index is 0. The SMILES string of the molecule is CCCCl.Clc1ccccc1.NCC(=O)O. The lowest BCUT2D eigenvalue weighted by atomic mass is 10.4. The highest BCUT2D eigenvalue weighted by Gasteiger charge is 1.81. The lowest BCUT2D eigenvalue weighted by Gasteiger charge is -1.80. The highest BCUT2D eigenvalue weighted by atomic mass is 35.5. The first kappa shape index (κ1) is 17.6. The van der Waals surface area contributed by atoms with Crippen molar-refractivity contribution in [1.29, 1.82) is 0 Å². The summed E-state index contributed by atoms with van der Waals surface area (Å²) in [4.78, 5) is 9.24. The minimum Gasteiger partial charge on any atom is -0.480 e. The molecule has 0 saturated heterocycles. The molecule has 0 fully saturated rings. The number of halogens is 2. The zero-order chi connectivity index (χ0) is 12.8. The third-order valence-electron chi connectivity index (χ3n) is 1.10. The molecule has 3 nitrogen and oxygen atoms in total. The summed E-state index contributed by atoms with van der Waals surface area (Å²) >= 11 is 10.7. The Hall–Kier alpha value is -0.770. The number of hydrogen-bond acceptors (Lipinski definition) is 2. The number of benzene rings is 1. The zero-order valence-electron chi connectivity index (χ0n) is 9.20. The maximum Gasteiger partial charge on any atom is 0.317 e.